The Morgan fingerprint density at radius 3 is 2.59 bits per heavy atom. The summed E-state index contributed by atoms with van der Waals surface area (Å²) >= 11 is 3.46. The van der Waals surface area contributed by atoms with Crippen molar-refractivity contribution in [2.24, 2.45) is 4.99 Å². The number of alkyl halides is 3. The highest BCUT2D eigenvalue weighted by Gasteiger charge is 2.38. The van der Waals surface area contributed by atoms with E-state index in [9.17, 15) is 18.0 Å². The van der Waals surface area contributed by atoms with Gasteiger partial charge in [-0.15, -0.1) is 10.2 Å². The number of halogens is 4. The molecular formula is C21H22BrF3N6O3. The summed E-state index contributed by atoms with van der Waals surface area (Å²) in [5.74, 6) is -0.759. The third kappa shape index (κ3) is 5.88. The van der Waals surface area contributed by atoms with Crippen LogP contribution in [0.4, 0.5) is 19.0 Å². The highest BCUT2D eigenvalue weighted by atomic mass is 79.9. The fourth-order valence-electron chi connectivity index (χ4n) is 3.45. The van der Waals surface area contributed by atoms with Crippen molar-refractivity contribution in [3.8, 4) is 0 Å². The number of carboxylic acid groups (broad SMARTS) is 1. The monoisotopic (exact) mass is 542 g/mol. The predicted molar refractivity (Wildman–Crippen MR) is 122 cm³/mol. The summed E-state index contributed by atoms with van der Waals surface area (Å²) in [5.41, 5.74) is 1.77. The molecule has 0 spiro atoms. The molecule has 3 aromatic rings. The summed E-state index contributed by atoms with van der Waals surface area (Å²) in [6.45, 7) is 2.96. The van der Waals surface area contributed by atoms with E-state index < -0.39 is 12.1 Å². The summed E-state index contributed by atoms with van der Waals surface area (Å²) in [5, 5.41) is 15.8. The smallest absolute Gasteiger partial charge is 0.475 e. The maximum atomic E-state index is 13.1. The zero-order chi connectivity index (χ0) is 24.9. The molecule has 4 heterocycles. The number of aryl methyl sites for hydroxylation is 3. The van der Waals surface area contributed by atoms with E-state index in [0.29, 0.717) is 30.0 Å². The van der Waals surface area contributed by atoms with Crippen LogP contribution in [-0.4, -0.2) is 46.0 Å². The first-order valence-electron chi connectivity index (χ1n) is 10.5. The lowest BCUT2D eigenvalue weighted by atomic mass is 10.1. The van der Waals surface area contributed by atoms with Crippen LogP contribution in [0.15, 0.2) is 34.3 Å². The number of pyridine rings is 1. The van der Waals surface area contributed by atoms with Crippen molar-refractivity contribution in [1.29, 1.82) is 0 Å². The van der Waals surface area contributed by atoms with Crippen molar-refractivity contribution >= 4 is 38.1 Å². The molecule has 13 heteroatoms. The van der Waals surface area contributed by atoms with Gasteiger partial charge in [0.1, 0.15) is 11.6 Å². The minimum Gasteiger partial charge on any atom is -0.475 e. The first-order chi connectivity index (χ1) is 16.1. The van der Waals surface area contributed by atoms with E-state index in [0.717, 1.165) is 48.2 Å². The number of carboxylic acids is 1. The summed E-state index contributed by atoms with van der Waals surface area (Å²) in [6.07, 6.45) is 3.72. The number of rotatable bonds is 7. The molecule has 3 aromatic heterocycles. The summed E-state index contributed by atoms with van der Waals surface area (Å²) < 4.78 is 36.2. The average molecular weight is 543 g/mol. The molecule has 1 aliphatic rings. The summed E-state index contributed by atoms with van der Waals surface area (Å²) in [7, 11) is 0. The van der Waals surface area contributed by atoms with Gasteiger partial charge < -0.3 is 5.11 Å². The second-order valence-corrected chi connectivity index (χ2v) is 8.46. The molecule has 1 N–H and O–H groups in total. The number of carbonyl (C=O) groups is 1. The molecule has 34 heavy (non-hydrogen) atoms. The second kappa shape index (κ2) is 10.9. The molecular weight excluding hydrogens is 521 g/mol. The molecule has 0 saturated heterocycles. The zero-order valence-electron chi connectivity index (χ0n) is 18.2. The van der Waals surface area contributed by atoms with Gasteiger partial charge in [0.15, 0.2) is 0 Å². The summed E-state index contributed by atoms with van der Waals surface area (Å²) in [4.78, 5) is 30.7. The number of fused-ring (bicyclic) bond motifs is 2. The highest BCUT2D eigenvalue weighted by molar-refractivity contribution is 9.18. The van der Waals surface area contributed by atoms with Gasteiger partial charge in [-0.2, -0.15) is 13.2 Å². The van der Waals surface area contributed by atoms with Crippen LogP contribution in [0.25, 0.3) is 5.78 Å². The number of hydrogen-bond acceptors (Lipinski definition) is 6. The Morgan fingerprint density at radius 1 is 1.24 bits per heavy atom. The van der Waals surface area contributed by atoms with Gasteiger partial charge in [0.25, 0.3) is 5.56 Å². The van der Waals surface area contributed by atoms with Gasteiger partial charge in [-0.25, -0.2) is 14.2 Å². The molecule has 182 valence electrons. The fraction of sp³-hybridized carbons (Fsp3) is 0.429. The second-order valence-electron chi connectivity index (χ2n) is 7.55. The third-order valence-electron chi connectivity index (χ3n) is 5.08. The maximum absolute atomic E-state index is 13.1. The van der Waals surface area contributed by atoms with Crippen LogP contribution in [0.3, 0.4) is 0 Å². The largest absolute Gasteiger partial charge is 0.490 e. The van der Waals surface area contributed by atoms with Gasteiger partial charge in [0.05, 0.1) is 10.2 Å². The van der Waals surface area contributed by atoms with Crippen molar-refractivity contribution in [3.63, 3.8) is 0 Å². The van der Waals surface area contributed by atoms with Crippen molar-refractivity contribution in [3.05, 3.63) is 51.8 Å². The minimum atomic E-state index is -5.08. The van der Waals surface area contributed by atoms with E-state index in [2.05, 4.69) is 43.0 Å². The van der Waals surface area contributed by atoms with E-state index in [1.54, 1.807) is 10.6 Å². The standard InChI is InChI=1S/C19H21BrN6O.C2HF3O2/c1-2-3-4-10-25-17-14(11-15(20)22-17)18(27)26-16(23-24-19(25)26)8-7-13-6-5-9-21-12-13;3-2(4,5)1(6)7/h5-6,9,12H,2-4,7-8,10-11H2,1H3;(H,6,7). The minimum absolute atomic E-state index is 0.0591. The van der Waals surface area contributed by atoms with Gasteiger partial charge in [-0.1, -0.05) is 25.8 Å². The quantitative estimate of drug-likeness (QED) is 0.453. The Kier molecular flexibility index (Phi) is 8.18. The molecule has 0 aromatic carbocycles. The molecule has 0 bridgehead atoms. The molecule has 0 aliphatic carbocycles. The molecule has 0 saturated carbocycles. The van der Waals surface area contributed by atoms with Gasteiger partial charge in [0.2, 0.25) is 5.78 Å². The fourth-order valence-corrected chi connectivity index (χ4v) is 3.90. The zero-order valence-corrected chi connectivity index (χ0v) is 19.8. The first kappa shape index (κ1) is 25.5. The number of aromatic nitrogens is 5. The predicted octanol–water partition coefficient (Wildman–Crippen LogP) is 3.88. The van der Waals surface area contributed by atoms with E-state index in [1.807, 2.05) is 22.9 Å². The topological polar surface area (TPSA) is 115 Å². The molecule has 1 aliphatic heterocycles. The molecule has 9 nitrogen and oxygen atoms in total. The normalized spacial score (nSPS) is 12.8. The molecule has 0 amide bonds. The van der Waals surface area contributed by atoms with Gasteiger partial charge in [0, 0.05) is 31.8 Å². The van der Waals surface area contributed by atoms with E-state index in [-0.39, 0.29) is 5.56 Å². The summed E-state index contributed by atoms with van der Waals surface area (Å²) in [6, 6.07) is 3.95. The van der Waals surface area contributed by atoms with Crippen LogP contribution >= 0.6 is 15.9 Å². The van der Waals surface area contributed by atoms with E-state index >= 15 is 0 Å². The Bertz CT molecular complexity index is 1250. The third-order valence-corrected chi connectivity index (χ3v) is 5.54. The van der Waals surface area contributed by atoms with Crippen molar-refractivity contribution < 1.29 is 23.1 Å². The number of nitrogens with zero attached hydrogens (tertiary/aromatic N) is 6. The Hall–Kier alpha value is -3.09. The van der Waals surface area contributed by atoms with Gasteiger partial charge in [-0.3, -0.25) is 14.3 Å². The van der Waals surface area contributed by atoms with Crippen LogP contribution < -0.4 is 5.56 Å². The van der Waals surface area contributed by atoms with Crippen molar-refractivity contribution in [2.45, 2.75) is 58.2 Å². The highest BCUT2D eigenvalue weighted by Crippen LogP contribution is 2.28. The maximum Gasteiger partial charge on any atom is 0.490 e. The van der Waals surface area contributed by atoms with E-state index in [1.165, 1.54) is 0 Å². The van der Waals surface area contributed by atoms with Crippen LogP contribution in [0.2, 0.25) is 0 Å². The van der Waals surface area contributed by atoms with Crippen molar-refractivity contribution in [1.82, 2.24) is 24.1 Å². The lowest BCUT2D eigenvalue weighted by Crippen LogP contribution is -2.24. The Morgan fingerprint density at radius 2 is 1.97 bits per heavy atom. The average Bonchev–Trinajstić information content (AvgIpc) is 3.39. The first-order valence-corrected chi connectivity index (χ1v) is 11.3. The van der Waals surface area contributed by atoms with Gasteiger partial charge >= 0.3 is 12.1 Å². The van der Waals surface area contributed by atoms with Crippen LogP contribution in [-0.2, 0) is 30.6 Å². The Balaban J connectivity index is 0.000000406. The lowest BCUT2D eigenvalue weighted by molar-refractivity contribution is -0.192. The van der Waals surface area contributed by atoms with Crippen LogP contribution in [0.5, 0.6) is 0 Å². The molecule has 0 unspecified atom stereocenters. The lowest BCUT2D eigenvalue weighted by Gasteiger charge is -2.12. The molecule has 0 atom stereocenters. The number of hydrogen-bond donors (Lipinski definition) is 1. The van der Waals surface area contributed by atoms with Crippen LogP contribution in [0.1, 0.15) is 43.1 Å². The van der Waals surface area contributed by atoms with Gasteiger partial charge in [-0.05, 0) is 40.4 Å². The molecule has 0 radical (unpaired) electrons. The molecule has 4 rings (SSSR count). The van der Waals surface area contributed by atoms with E-state index in [4.69, 9.17) is 9.90 Å². The SMILES string of the molecule is CCCCCn1c2c(c(=O)n3c(CCc4cccnc4)nnc13)CC(Br)=N2.O=C(O)C(F)(F)F. The number of aliphatic carboxylic acids is 1. The Labute approximate surface area is 200 Å². The number of unbranched alkanes of at least 4 members (excludes halogenated alkanes) is 2. The van der Waals surface area contributed by atoms with Crippen LogP contribution in [0, 0.1) is 0 Å². The molecule has 0 fully saturated rings. The number of aliphatic imine (C=N–C) groups is 1. The van der Waals surface area contributed by atoms with Crippen molar-refractivity contribution in [2.75, 3.05) is 0 Å².